The summed E-state index contributed by atoms with van der Waals surface area (Å²) < 4.78 is 5.08. The lowest BCUT2D eigenvalue weighted by Gasteiger charge is -2.14. The lowest BCUT2D eigenvalue weighted by Crippen LogP contribution is -2.37. The number of nitrogens with one attached hydrogen (secondary N) is 1. The molecule has 2 aromatic rings. The predicted molar refractivity (Wildman–Crippen MR) is 99.6 cm³/mol. The van der Waals surface area contributed by atoms with Gasteiger partial charge in [0.25, 0.3) is 11.8 Å². The second-order valence-corrected chi connectivity index (χ2v) is 6.44. The molecule has 5 nitrogen and oxygen atoms in total. The van der Waals surface area contributed by atoms with Gasteiger partial charge in [-0.25, -0.2) is 4.99 Å². The first kappa shape index (κ1) is 17.9. The SMILES string of the molecule is COc1ccc(C(=O)NCCC2C=c3ccc(C)c(C)c3=NC2=O)cc1. The van der Waals surface area contributed by atoms with Crippen LogP contribution in [0.15, 0.2) is 41.4 Å². The quantitative estimate of drug-likeness (QED) is 0.892. The van der Waals surface area contributed by atoms with Crippen molar-refractivity contribution in [2.24, 2.45) is 10.9 Å². The first-order chi connectivity index (χ1) is 12.5. The zero-order valence-electron chi connectivity index (χ0n) is 15.2. The molecule has 0 aromatic heterocycles. The average Bonchev–Trinajstić information content (AvgIpc) is 2.66. The van der Waals surface area contributed by atoms with Gasteiger partial charge >= 0.3 is 0 Å². The van der Waals surface area contributed by atoms with E-state index in [9.17, 15) is 9.59 Å². The highest BCUT2D eigenvalue weighted by Gasteiger charge is 2.19. The van der Waals surface area contributed by atoms with Gasteiger partial charge in [-0.2, -0.15) is 0 Å². The van der Waals surface area contributed by atoms with E-state index >= 15 is 0 Å². The largest absolute Gasteiger partial charge is 0.497 e. The molecule has 0 saturated heterocycles. The van der Waals surface area contributed by atoms with E-state index in [4.69, 9.17) is 4.74 Å². The smallest absolute Gasteiger partial charge is 0.253 e. The molecule has 26 heavy (non-hydrogen) atoms. The summed E-state index contributed by atoms with van der Waals surface area (Å²) >= 11 is 0. The van der Waals surface area contributed by atoms with Crippen molar-refractivity contribution in [2.45, 2.75) is 20.3 Å². The van der Waals surface area contributed by atoms with Gasteiger partial charge in [-0.15, -0.1) is 0 Å². The number of benzene rings is 2. The fraction of sp³-hybridized carbons (Fsp3) is 0.286. The van der Waals surface area contributed by atoms with Gasteiger partial charge in [0.05, 0.1) is 18.4 Å². The molecule has 1 atom stereocenters. The van der Waals surface area contributed by atoms with Crippen LogP contribution >= 0.6 is 0 Å². The summed E-state index contributed by atoms with van der Waals surface area (Å²) in [6.07, 6.45) is 2.48. The van der Waals surface area contributed by atoms with Crippen LogP contribution in [0.4, 0.5) is 0 Å². The lowest BCUT2D eigenvalue weighted by atomic mass is 9.98. The van der Waals surface area contributed by atoms with Crippen molar-refractivity contribution in [3.8, 4) is 5.75 Å². The molecule has 1 heterocycles. The molecule has 0 radical (unpaired) electrons. The van der Waals surface area contributed by atoms with Gasteiger partial charge in [-0.05, 0) is 60.9 Å². The summed E-state index contributed by atoms with van der Waals surface area (Å²) in [5.41, 5.74) is 2.73. The van der Waals surface area contributed by atoms with E-state index in [1.165, 1.54) is 0 Å². The topological polar surface area (TPSA) is 67.8 Å². The minimum atomic E-state index is -0.305. The molecule has 1 aliphatic heterocycles. The van der Waals surface area contributed by atoms with Gasteiger partial charge in [-0.3, -0.25) is 9.59 Å². The Labute approximate surface area is 152 Å². The number of ether oxygens (including phenoxy) is 1. The van der Waals surface area contributed by atoms with Crippen LogP contribution in [-0.4, -0.2) is 25.5 Å². The Morgan fingerprint density at radius 1 is 1.15 bits per heavy atom. The standard InChI is InChI=1S/C21H22N2O3/c1-13-4-5-16-12-17(21(25)23-19(16)14(13)2)10-11-22-20(24)15-6-8-18(26-3)9-7-15/h4-9,12,17H,10-11H2,1-3H3,(H,22,24). The number of carbonyl (C=O) groups is 2. The first-order valence-corrected chi connectivity index (χ1v) is 8.62. The average molecular weight is 350 g/mol. The number of carbonyl (C=O) groups excluding carboxylic acids is 2. The molecule has 1 aliphatic rings. The van der Waals surface area contributed by atoms with Crippen LogP contribution in [-0.2, 0) is 4.79 Å². The lowest BCUT2D eigenvalue weighted by molar-refractivity contribution is -0.120. The summed E-state index contributed by atoms with van der Waals surface area (Å²) in [4.78, 5) is 28.8. The van der Waals surface area contributed by atoms with Gasteiger partial charge in [-0.1, -0.05) is 18.2 Å². The number of methoxy groups -OCH3 is 1. The van der Waals surface area contributed by atoms with Gasteiger partial charge in [0.15, 0.2) is 0 Å². The summed E-state index contributed by atoms with van der Waals surface area (Å²) in [5.74, 6) is 0.0835. The fourth-order valence-corrected chi connectivity index (χ4v) is 2.98. The second kappa shape index (κ2) is 7.52. The van der Waals surface area contributed by atoms with Crippen molar-refractivity contribution < 1.29 is 14.3 Å². The maximum atomic E-state index is 12.3. The Kier molecular flexibility index (Phi) is 5.16. The van der Waals surface area contributed by atoms with Gasteiger partial charge in [0, 0.05) is 12.1 Å². The van der Waals surface area contributed by atoms with Crippen LogP contribution in [0.5, 0.6) is 5.75 Å². The van der Waals surface area contributed by atoms with E-state index in [0.29, 0.717) is 24.3 Å². The Morgan fingerprint density at radius 3 is 2.58 bits per heavy atom. The third-order valence-electron chi connectivity index (χ3n) is 4.75. The molecule has 0 spiro atoms. The summed E-state index contributed by atoms with van der Waals surface area (Å²) in [6, 6.07) is 10.9. The minimum Gasteiger partial charge on any atom is -0.497 e. The van der Waals surface area contributed by atoms with Crippen molar-refractivity contribution in [1.29, 1.82) is 0 Å². The van der Waals surface area contributed by atoms with Crippen LogP contribution < -0.4 is 20.6 Å². The number of amides is 2. The number of nitrogens with zero attached hydrogens (tertiary/aromatic N) is 1. The molecule has 1 unspecified atom stereocenters. The highest BCUT2D eigenvalue weighted by atomic mass is 16.5. The minimum absolute atomic E-state index is 0.148. The van der Waals surface area contributed by atoms with Gasteiger partial charge in [0.2, 0.25) is 0 Å². The molecule has 0 aliphatic carbocycles. The highest BCUT2D eigenvalue weighted by Crippen LogP contribution is 2.12. The van der Waals surface area contributed by atoms with E-state index in [1.54, 1.807) is 31.4 Å². The maximum absolute atomic E-state index is 12.3. The van der Waals surface area contributed by atoms with Gasteiger partial charge in [0.1, 0.15) is 5.75 Å². The number of hydrogen-bond acceptors (Lipinski definition) is 3. The third kappa shape index (κ3) is 3.67. The molecule has 2 amide bonds. The number of hydrogen-bond donors (Lipinski definition) is 1. The molecule has 0 saturated carbocycles. The van der Waals surface area contributed by atoms with Crippen molar-refractivity contribution >= 4 is 17.9 Å². The van der Waals surface area contributed by atoms with Crippen LogP contribution in [0.25, 0.3) is 6.08 Å². The van der Waals surface area contributed by atoms with Crippen molar-refractivity contribution in [3.63, 3.8) is 0 Å². The molecular formula is C21H22N2O3. The van der Waals surface area contributed by atoms with E-state index in [0.717, 1.165) is 21.7 Å². The molecule has 0 fully saturated rings. The second-order valence-electron chi connectivity index (χ2n) is 6.44. The number of fused-ring (bicyclic) bond motifs is 1. The van der Waals surface area contributed by atoms with E-state index in [2.05, 4.69) is 10.3 Å². The highest BCUT2D eigenvalue weighted by molar-refractivity contribution is 5.94. The Bertz CT molecular complexity index is 962. The monoisotopic (exact) mass is 350 g/mol. The van der Waals surface area contributed by atoms with E-state index in [1.807, 2.05) is 32.1 Å². The number of aryl methyl sites for hydroxylation is 1. The zero-order valence-corrected chi connectivity index (χ0v) is 15.2. The molecule has 1 N–H and O–H groups in total. The van der Waals surface area contributed by atoms with Crippen molar-refractivity contribution in [1.82, 2.24) is 5.32 Å². The Hall–Kier alpha value is -2.95. The van der Waals surface area contributed by atoms with Crippen LogP contribution in [0.1, 0.15) is 27.9 Å². The number of rotatable bonds is 5. The molecule has 134 valence electrons. The molecule has 3 rings (SSSR count). The summed E-state index contributed by atoms with van der Waals surface area (Å²) in [6.45, 7) is 4.40. The van der Waals surface area contributed by atoms with Crippen molar-refractivity contribution in [2.75, 3.05) is 13.7 Å². The first-order valence-electron chi connectivity index (χ1n) is 8.62. The normalized spacial score (nSPS) is 15.5. The molecule has 0 bridgehead atoms. The predicted octanol–water partition coefficient (Wildman–Crippen LogP) is 1.69. The Balaban J connectivity index is 1.64. The van der Waals surface area contributed by atoms with Gasteiger partial charge < -0.3 is 10.1 Å². The van der Waals surface area contributed by atoms with Crippen molar-refractivity contribution in [3.05, 3.63) is 63.7 Å². The van der Waals surface area contributed by atoms with E-state index < -0.39 is 0 Å². The summed E-state index contributed by atoms with van der Waals surface area (Å²) in [5, 5.41) is 4.61. The molecular weight excluding hydrogens is 328 g/mol. The van der Waals surface area contributed by atoms with Crippen LogP contribution in [0, 0.1) is 19.8 Å². The summed E-state index contributed by atoms with van der Waals surface area (Å²) in [7, 11) is 1.58. The van der Waals surface area contributed by atoms with Crippen LogP contribution in [0.3, 0.4) is 0 Å². The Morgan fingerprint density at radius 2 is 1.88 bits per heavy atom. The maximum Gasteiger partial charge on any atom is 0.253 e. The third-order valence-corrected chi connectivity index (χ3v) is 4.75. The zero-order chi connectivity index (χ0) is 18.7. The molecule has 5 heteroatoms. The van der Waals surface area contributed by atoms with Crippen LogP contribution in [0.2, 0.25) is 0 Å². The fourth-order valence-electron chi connectivity index (χ4n) is 2.98. The molecule has 2 aromatic carbocycles. The van der Waals surface area contributed by atoms with E-state index in [-0.39, 0.29) is 17.7 Å².